The van der Waals surface area contributed by atoms with Crippen molar-refractivity contribution in [1.29, 1.82) is 0 Å². The number of fused-ring (bicyclic) bond motifs is 1. The zero-order chi connectivity index (χ0) is 30.1. The molecule has 15 heteroatoms. The number of rotatable bonds is 15. The van der Waals surface area contributed by atoms with Gasteiger partial charge in [-0.05, 0) is 12.8 Å². The second-order valence-electron chi connectivity index (χ2n) is 10.5. The standard InChI is InChI=1S/C27H45N9O6/c1-32-9-10-36(19-21(32)39)25-23-22(28-27(31-25)35(12-16-38)14-18-41-3)24(33-7-5-20(42-4)6-8-33)30-26(29-23)34(11-15-37)13-17-40-2/h20,37-38H,5-19H2,1-4H3. The molecule has 0 bridgehead atoms. The van der Waals surface area contributed by atoms with Crippen LogP contribution < -0.4 is 19.6 Å². The van der Waals surface area contributed by atoms with Crippen LogP contribution >= 0.6 is 0 Å². The summed E-state index contributed by atoms with van der Waals surface area (Å²) in [6, 6.07) is 0. The van der Waals surface area contributed by atoms with E-state index >= 15 is 0 Å². The predicted octanol–water partition coefficient (Wildman–Crippen LogP) is -0.796. The summed E-state index contributed by atoms with van der Waals surface area (Å²) in [6.45, 7) is 4.97. The first-order chi connectivity index (χ1) is 20.4. The van der Waals surface area contributed by atoms with Crippen molar-refractivity contribution in [3.8, 4) is 0 Å². The number of aromatic nitrogens is 4. The van der Waals surface area contributed by atoms with Crippen molar-refractivity contribution in [3.63, 3.8) is 0 Å². The number of carbonyl (C=O) groups excluding carboxylic acids is 1. The molecule has 0 spiro atoms. The summed E-state index contributed by atoms with van der Waals surface area (Å²) in [5, 5.41) is 19.7. The molecule has 2 aliphatic heterocycles. The lowest BCUT2D eigenvalue weighted by molar-refractivity contribution is -0.129. The van der Waals surface area contributed by atoms with E-state index in [-0.39, 0.29) is 31.8 Å². The Morgan fingerprint density at radius 2 is 1.29 bits per heavy atom. The maximum Gasteiger partial charge on any atom is 0.241 e. The Morgan fingerprint density at radius 1 is 0.762 bits per heavy atom. The monoisotopic (exact) mass is 591 g/mol. The number of methoxy groups -OCH3 is 3. The Balaban J connectivity index is 1.93. The number of hydrogen-bond acceptors (Lipinski definition) is 14. The molecular formula is C27H45N9O6. The van der Waals surface area contributed by atoms with Crippen LogP contribution in [0.4, 0.5) is 23.5 Å². The third-order valence-electron chi connectivity index (χ3n) is 7.75. The molecule has 0 radical (unpaired) electrons. The molecule has 0 aromatic carbocycles. The molecule has 0 aliphatic carbocycles. The minimum absolute atomic E-state index is 0.0145. The van der Waals surface area contributed by atoms with Crippen LogP contribution in [-0.2, 0) is 19.0 Å². The second-order valence-corrected chi connectivity index (χ2v) is 10.5. The van der Waals surface area contributed by atoms with Crippen LogP contribution in [0.3, 0.4) is 0 Å². The molecule has 0 atom stereocenters. The Hall–Kier alpha value is -3.11. The van der Waals surface area contributed by atoms with Gasteiger partial charge in [-0.3, -0.25) is 4.79 Å². The van der Waals surface area contributed by atoms with Crippen LogP contribution in [0.25, 0.3) is 11.0 Å². The van der Waals surface area contributed by atoms with Crippen molar-refractivity contribution in [3.05, 3.63) is 0 Å². The van der Waals surface area contributed by atoms with Gasteiger partial charge in [-0.2, -0.15) is 9.97 Å². The number of anilines is 4. The van der Waals surface area contributed by atoms with Crippen LogP contribution in [-0.4, -0.2) is 161 Å². The summed E-state index contributed by atoms with van der Waals surface area (Å²) in [7, 11) is 6.78. The molecule has 234 valence electrons. The molecule has 4 rings (SSSR count). The molecule has 4 heterocycles. The molecule has 2 saturated heterocycles. The van der Waals surface area contributed by atoms with Crippen LogP contribution in [0, 0.1) is 0 Å². The van der Waals surface area contributed by atoms with Crippen molar-refractivity contribution in [2.45, 2.75) is 18.9 Å². The number of aliphatic hydroxyl groups is 2. The maximum absolute atomic E-state index is 12.8. The highest BCUT2D eigenvalue weighted by Gasteiger charge is 2.30. The van der Waals surface area contributed by atoms with Crippen LogP contribution in [0.15, 0.2) is 0 Å². The van der Waals surface area contributed by atoms with Gasteiger partial charge >= 0.3 is 0 Å². The van der Waals surface area contributed by atoms with Crippen LogP contribution in [0.5, 0.6) is 0 Å². The van der Waals surface area contributed by atoms with Crippen molar-refractivity contribution in [2.24, 2.45) is 0 Å². The smallest absolute Gasteiger partial charge is 0.241 e. The quantitative estimate of drug-likeness (QED) is 0.266. The van der Waals surface area contributed by atoms with Crippen LogP contribution in [0.1, 0.15) is 12.8 Å². The van der Waals surface area contributed by atoms with E-state index < -0.39 is 0 Å². The summed E-state index contributed by atoms with van der Waals surface area (Å²) in [4.78, 5) is 42.4. The van der Waals surface area contributed by atoms with Crippen molar-refractivity contribution in [2.75, 3.05) is 133 Å². The summed E-state index contributed by atoms with van der Waals surface area (Å²) < 4.78 is 16.3. The van der Waals surface area contributed by atoms with Gasteiger partial charge in [-0.25, -0.2) is 9.97 Å². The van der Waals surface area contributed by atoms with Crippen LogP contribution in [0.2, 0.25) is 0 Å². The molecule has 2 aliphatic rings. The number of nitrogens with zero attached hydrogens (tertiary/aromatic N) is 9. The Morgan fingerprint density at radius 3 is 1.74 bits per heavy atom. The fraction of sp³-hybridized carbons (Fsp3) is 0.741. The molecular weight excluding hydrogens is 546 g/mol. The number of likely N-dealkylation sites (N-methyl/N-ethyl adjacent to an activating group) is 1. The molecule has 2 fully saturated rings. The molecule has 2 N–H and O–H groups in total. The predicted molar refractivity (Wildman–Crippen MR) is 160 cm³/mol. The van der Waals surface area contributed by atoms with E-state index in [1.807, 2.05) is 14.7 Å². The SMILES string of the molecule is COCCN(CCO)c1nc(N2CCN(C)C(=O)C2)c2nc(N(CCO)CCOC)nc(N3CCC(OC)CC3)c2n1. The summed E-state index contributed by atoms with van der Waals surface area (Å²) in [6.07, 6.45) is 1.85. The lowest BCUT2D eigenvalue weighted by Crippen LogP contribution is -2.49. The van der Waals surface area contributed by atoms with E-state index in [0.717, 1.165) is 12.8 Å². The van der Waals surface area contributed by atoms with E-state index in [4.69, 9.17) is 34.1 Å². The van der Waals surface area contributed by atoms with Gasteiger partial charge in [0.15, 0.2) is 11.6 Å². The van der Waals surface area contributed by atoms with E-state index in [1.54, 1.807) is 33.3 Å². The number of carbonyl (C=O) groups is 1. The number of hydrogen-bond donors (Lipinski definition) is 2. The maximum atomic E-state index is 12.8. The molecule has 1 amide bonds. The minimum atomic E-state index is -0.0874. The average Bonchev–Trinajstić information content (AvgIpc) is 3.01. The van der Waals surface area contributed by atoms with Gasteiger partial charge in [0.1, 0.15) is 11.0 Å². The van der Waals surface area contributed by atoms with E-state index in [0.29, 0.717) is 100 Å². The Labute approximate surface area is 247 Å². The Bertz CT molecular complexity index is 1170. The third kappa shape index (κ3) is 7.45. The van der Waals surface area contributed by atoms with Gasteiger partial charge in [0, 0.05) is 80.7 Å². The third-order valence-corrected chi connectivity index (χ3v) is 7.75. The van der Waals surface area contributed by atoms with Gasteiger partial charge in [0.2, 0.25) is 17.8 Å². The van der Waals surface area contributed by atoms with E-state index in [9.17, 15) is 15.0 Å². The fourth-order valence-electron chi connectivity index (χ4n) is 5.20. The molecule has 2 aromatic heterocycles. The minimum Gasteiger partial charge on any atom is -0.395 e. The lowest BCUT2D eigenvalue weighted by Gasteiger charge is -2.35. The number of amides is 1. The van der Waals surface area contributed by atoms with Crippen molar-refractivity contribution < 1.29 is 29.2 Å². The molecule has 0 unspecified atom stereocenters. The molecule has 15 nitrogen and oxygen atoms in total. The highest BCUT2D eigenvalue weighted by molar-refractivity contribution is 5.96. The normalized spacial score (nSPS) is 16.5. The van der Waals surface area contributed by atoms with Gasteiger partial charge in [-0.15, -0.1) is 0 Å². The zero-order valence-corrected chi connectivity index (χ0v) is 25.2. The second kappa shape index (κ2) is 15.4. The fourth-order valence-corrected chi connectivity index (χ4v) is 5.20. The van der Waals surface area contributed by atoms with E-state index in [2.05, 4.69) is 4.90 Å². The van der Waals surface area contributed by atoms with Gasteiger partial charge in [-0.1, -0.05) is 0 Å². The van der Waals surface area contributed by atoms with Crippen molar-refractivity contribution in [1.82, 2.24) is 24.8 Å². The molecule has 0 saturated carbocycles. The van der Waals surface area contributed by atoms with Gasteiger partial charge in [0.25, 0.3) is 0 Å². The summed E-state index contributed by atoms with van der Waals surface area (Å²) in [5.41, 5.74) is 1.10. The van der Waals surface area contributed by atoms with Gasteiger partial charge in [0.05, 0.1) is 39.1 Å². The molecule has 2 aromatic rings. The highest BCUT2D eigenvalue weighted by atomic mass is 16.5. The first-order valence-electron chi connectivity index (χ1n) is 14.5. The zero-order valence-electron chi connectivity index (χ0n) is 25.2. The highest BCUT2D eigenvalue weighted by Crippen LogP contribution is 2.34. The van der Waals surface area contributed by atoms with E-state index in [1.165, 1.54) is 0 Å². The molecule has 42 heavy (non-hydrogen) atoms. The summed E-state index contributed by atoms with van der Waals surface area (Å²) >= 11 is 0. The van der Waals surface area contributed by atoms with Gasteiger partial charge < -0.3 is 48.9 Å². The number of piperazine rings is 1. The topological polar surface area (TPSA) is 153 Å². The first kappa shape index (κ1) is 31.8. The first-order valence-corrected chi connectivity index (χ1v) is 14.5. The average molecular weight is 592 g/mol. The summed E-state index contributed by atoms with van der Waals surface area (Å²) in [5.74, 6) is 2.02. The Kier molecular flexibility index (Phi) is 11.7. The number of ether oxygens (including phenoxy) is 3. The van der Waals surface area contributed by atoms with Crippen molar-refractivity contribution >= 4 is 40.5 Å². The lowest BCUT2D eigenvalue weighted by atomic mass is 10.1. The number of aliphatic hydroxyl groups excluding tert-OH is 2. The number of piperidine rings is 1. The largest absolute Gasteiger partial charge is 0.395 e.